The largest absolute Gasteiger partial charge is 0.316 e. The van der Waals surface area contributed by atoms with E-state index in [4.69, 9.17) is 0 Å². The molecule has 2 aromatic rings. The first-order chi connectivity index (χ1) is 7.70. The van der Waals surface area contributed by atoms with Crippen LogP contribution in [-0.4, -0.2) is 16.8 Å². The van der Waals surface area contributed by atoms with Crippen LogP contribution in [0.3, 0.4) is 0 Å². The van der Waals surface area contributed by atoms with Gasteiger partial charge in [0.05, 0.1) is 15.5 Å². The van der Waals surface area contributed by atoms with E-state index >= 15 is 0 Å². The lowest BCUT2D eigenvalue weighted by Gasteiger charge is -2.08. The van der Waals surface area contributed by atoms with Gasteiger partial charge in [-0.3, -0.25) is 0 Å². The van der Waals surface area contributed by atoms with E-state index in [1.165, 1.54) is 11.1 Å². The maximum atomic E-state index is 4.34. The molecule has 84 valence electrons. The predicted molar refractivity (Wildman–Crippen MR) is 73.8 cm³/mol. The molecule has 1 aromatic carbocycles. The molecule has 0 saturated carbocycles. The Morgan fingerprint density at radius 2 is 2.25 bits per heavy atom. The summed E-state index contributed by atoms with van der Waals surface area (Å²) in [6.07, 6.45) is 3.90. The van der Waals surface area contributed by atoms with Gasteiger partial charge >= 0.3 is 0 Å². The molecule has 0 saturated heterocycles. The van der Waals surface area contributed by atoms with Crippen molar-refractivity contribution in [1.82, 2.24) is 15.1 Å². The predicted octanol–water partition coefficient (Wildman–Crippen LogP) is 2.50. The van der Waals surface area contributed by atoms with E-state index in [1.807, 2.05) is 24.1 Å². The Bertz CT molecular complexity index is 491. The van der Waals surface area contributed by atoms with Crippen LogP contribution >= 0.6 is 22.6 Å². The van der Waals surface area contributed by atoms with Gasteiger partial charge in [0.25, 0.3) is 0 Å². The number of nitrogens with one attached hydrogen (secondary N) is 1. The average molecular weight is 327 g/mol. The molecule has 0 radical (unpaired) electrons. The number of hydrogen-bond donors (Lipinski definition) is 1. The lowest BCUT2D eigenvalue weighted by molar-refractivity contribution is 0.809. The number of aryl methyl sites for hydroxylation is 1. The van der Waals surface area contributed by atoms with Crippen LogP contribution in [0.15, 0.2) is 30.6 Å². The average Bonchev–Trinajstić information content (AvgIpc) is 2.68. The molecule has 0 bridgehead atoms. The van der Waals surface area contributed by atoms with Gasteiger partial charge in [-0.15, -0.1) is 0 Å². The highest BCUT2D eigenvalue weighted by Crippen LogP contribution is 2.16. The Morgan fingerprint density at radius 3 is 2.88 bits per heavy atom. The van der Waals surface area contributed by atoms with Crippen molar-refractivity contribution in [3.63, 3.8) is 0 Å². The van der Waals surface area contributed by atoms with Crippen molar-refractivity contribution >= 4 is 22.6 Å². The molecule has 1 heterocycles. The van der Waals surface area contributed by atoms with Crippen LogP contribution in [0.2, 0.25) is 0 Å². The second kappa shape index (κ2) is 4.97. The summed E-state index contributed by atoms with van der Waals surface area (Å²) in [7, 11) is 1.95. The molecule has 0 unspecified atom stereocenters. The lowest BCUT2D eigenvalue weighted by atomic mass is 10.1. The van der Waals surface area contributed by atoms with Crippen molar-refractivity contribution in [2.24, 2.45) is 0 Å². The topological polar surface area (TPSA) is 29.9 Å². The van der Waals surface area contributed by atoms with E-state index in [-0.39, 0.29) is 0 Å². The zero-order valence-electron chi connectivity index (χ0n) is 9.37. The molecule has 0 aliphatic carbocycles. The van der Waals surface area contributed by atoms with E-state index in [9.17, 15) is 0 Å². The number of halogens is 1. The van der Waals surface area contributed by atoms with E-state index in [0.29, 0.717) is 0 Å². The first-order valence-corrected chi connectivity index (χ1v) is 6.23. The Kier molecular flexibility index (Phi) is 3.60. The van der Waals surface area contributed by atoms with E-state index in [2.05, 4.69) is 58.1 Å². The van der Waals surface area contributed by atoms with Crippen molar-refractivity contribution < 1.29 is 0 Å². The molecular formula is C12H14IN3. The molecule has 0 spiro atoms. The Balaban J connectivity index is 2.42. The van der Waals surface area contributed by atoms with Crippen LogP contribution in [0.1, 0.15) is 11.1 Å². The van der Waals surface area contributed by atoms with Crippen molar-refractivity contribution in [3.8, 4) is 5.69 Å². The van der Waals surface area contributed by atoms with E-state index in [1.54, 1.807) is 0 Å². The third-order valence-corrected chi connectivity index (χ3v) is 3.01. The molecule has 0 fully saturated rings. The minimum Gasteiger partial charge on any atom is -0.316 e. The van der Waals surface area contributed by atoms with Crippen LogP contribution in [0, 0.1) is 10.5 Å². The summed E-state index contributed by atoms with van der Waals surface area (Å²) < 4.78 is 3.08. The highest BCUT2D eigenvalue weighted by Gasteiger charge is 2.04. The minimum absolute atomic E-state index is 0.881. The smallest absolute Gasteiger partial charge is 0.0678 e. The first kappa shape index (κ1) is 11.6. The zero-order valence-corrected chi connectivity index (χ0v) is 11.5. The Hall–Kier alpha value is -0.880. The normalized spacial score (nSPS) is 10.7. The molecule has 1 N–H and O–H groups in total. The van der Waals surface area contributed by atoms with Gasteiger partial charge in [0.1, 0.15) is 0 Å². The van der Waals surface area contributed by atoms with Crippen LogP contribution < -0.4 is 5.32 Å². The van der Waals surface area contributed by atoms with Gasteiger partial charge in [-0.25, -0.2) is 4.68 Å². The maximum Gasteiger partial charge on any atom is 0.0678 e. The van der Waals surface area contributed by atoms with Gasteiger partial charge in [0.2, 0.25) is 0 Å². The highest BCUT2D eigenvalue weighted by atomic mass is 127. The van der Waals surface area contributed by atoms with Crippen LogP contribution in [0.5, 0.6) is 0 Å². The van der Waals surface area contributed by atoms with Crippen molar-refractivity contribution in [3.05, 3.63) is 45.3 Å². The van der Waals surface area contributed by atoms with E-state index in [0.717, 1.165) is 15.8 Å². The number of aromatic nitrogens is 2. The first-order valence-electron chi connectivity index (χ1n) is 5.15. The second-order valence-electron chi connectivity index (χ2n) is 3.75. The molecule has 16 heavy (non-hydrogen) atoms. The van der Waals surface area contributed by atoms with Gasteiger partial charge in [-0.2, -0.15) is 5.10 Å². The quantitative estimate of drug-likeness (QED) is 0.878. The standard InChI is InChI=1S/C12H14IN3/c1-9-3-4-10(6-14-2)5-12(9)16-8-11(13)7-15-16/h3-5,7-8,14H,6H2,1-2H3. The molecule has 2 rings (SSSR count). The fourth-order valence-corrected chi connectivity index (χ4v) is 2.04. The number of hydrogen-bond acceptors (Lipinski definition) is 2. The Morgan fingerprint density at radius 1 is 1.44 bits per heavy atom. The third kappa shape index (κ3) is 2.44. The fraction of sp³-hybridized carbons (Fsp3) is 0.250. The Labute approximate surface area is 109 Å². The monoisotopic (exact) mass is 327 g/mol. The second-order valence-corrected chi connectivity index (χ2v) is 5.00. The summed E-state index contributed by atoms with van der Waals surface area (Å²) in [5.41, 5.74) is 3.66. The molecule has 0 aliphatic rings. The van der Waals surface area contributed by atoms with Crippen LogP contribution in [-0.2, 0) is 6.54 Å². The molecular weight excluding hydrogens is 313 g/mol. The van der Waals surface area contributed by atoms with Gasteiger partial charge in [-0.05, 0) is 53.8 Å². The summed E-state index contributed by atoms with van der Waals surface area (Å²) in [5, 5.41) is 7.49. The number of rotatable bonds is 3. The maximum absolute atomic E-state index is 4.34. The number of benzene rings is 1. The minimum atomic E-state index is 0.881. The van der Waals surface area contributed by atoms with Crippen LogP contribution in [0.4, 0.5) is 0 Å². The molecule has 4 heteroatoms. The van der Waals surface area contributed by atoms with Gasteiger partial charge < -0.3 is 5.32 Å². The molecule has 1 aromatic heterocycles. The molecule has 0 aliphatic heterocycles. The summed E-state index contributed by atoms with van der Waals surface area (Å²) in [4.78, 5) is 0. The third-order valence-electron chi connectivity index (χ3n) is 2.45. The van der Waals surface area contributed by atoms with Crippen molar-refractivity contribution in [1.29, 1.82) is 0 Å². The molecule has 0 atom stereocenters. The van der Waals surface area contributed by atoms with Crippen molar-refractivity contribution in [2.75, 3.05) is 7.05 Å². The fourth-order valence-electron chi connectivity index (χ4n) is 1.65. The summed E-state index contributed by atoms with van der Waals surface area (Å²) in [6.45, 7) is 2.98. The summed E-state index contributed by atoms with van der Waals surface area (Å²) in [6, 6.07) is 6.45. The zero-order chi connectivity index (χ0) is 11.5. The SMILES string of the molecule is CNCc1ccc(C)c(-n2cc(I)cn2)c1. The lowest BCUT2D eigenvalue weighted by Crippen LogP contribution is -2.06. The summed E-state index contributed by atoms with van der Waals surface area (Å²) in [5.74, 6) is 0. The van der Waals surface area contributed by atoms with Gasteiger partial charge in [-0.1, -0.05) is 12.1 Å². The van der Waals surface area contributed by atoms with Crippen LogP contribution in [0.25, 0.3) is 5.69 Å². The van der Waals surface area contributed by atoms with Crippen molar-refractivity contribution in [2.45, 2.75) is 13.5 Å². The highest BCUT2D eigenvalue weighted by molar-refractivity contribution is 14.1. The number of nitrogens with zero attached hydrogens (tertiary/aromatic N) is 2. The molecule has 0 amide bonds. The molecule has 3 nitrogen and oxygen atoms in total. The summed E-state index contributed by atoms with van der Waals surface area (Å²) >= 11 is 2.27. The van der Waals surface area contributed by atoms with Gasteiger partial charge in [0.15, 0.2) is 0 Å². The van der Waals surface area contributed by atoms with E-state index < -0.39 is 0 Å². The van der Waals surface area contributed by atoms with Gasteiger partial charge in [0, 0.05) is 12.7 Å².